The number of halogens is 2. The van der Waals surface area contributed by atoms with E-state index in [1.54, 1.807) is 17.9 Å². The maximum Gasteiger partial charge on any atom is 0.258 e. The van der Waals surface area contributed by atoms with Gasteiger partial charge in [0.05, 0.1) is 10.6 Å². The Balaban J connectivity index is 1.70. The van der Waals surface area contributed by atoms with Crippen molar-refractivity contribution in [3.63, 3.8) is 0 Å². The summed E-state index contributed by atoms with van der Waals surface area (Å²) in [7, 11) is 2.13. The van der Waals surface area contributed by atoms with Gasteiger partial charge < -0.3 is 9.80 Å². The Kier molecular flexibility index (Phi) is 4.90. The van der Waals surface area contributed by atoms with Gasteiger partial charge in [-0.25, -0.2) is 4.39 Å². The first-order valence-electron chi connectivity index (χ1n) is 8.14. The summed E-state index contributed by atoms with van der Waals surface area (Å²) < 4.78 is 14.1. The summed E-state index contributed by atoms with van der Waals surface area (Å²) in [6.07, 6.45) is 0.945. The molecule has 0 unspecified atom stereocenters. The lowest BCUT2D eigenvalue weighted by atomic mass is 10.1. The number of benzene rings is 1. The Hall–Kier alpha value is -1.17. The highest BCUT2D eigenvalue weighted by Gasteiger charge is 2.33. The molecule has 0 bridgehead atoms. The molecule has 6 heteroatoms. The molecule has 0 radical (unpaired) electrons. The molecule has 2 heterocycles. The lowest BCUT2D eigenvalue weighted by Crippen LogP contribution is -2.50. The fourth-order valence-electron chi connectivity index (χ4n) is 3.42. The van der Waals surface area contributed by atoms with E-state index < -0.39 is 5.82 Å². The molecule has 2 saturated heterocycles. The predicted octanol–water partition coefficient (Wildman–Crippen LogP) is 2.25. The Morgan fingerprint density at radius 2 is 1.91 bits per heavy atom. The van der Waals surface area contributed by atoms with Crippen LogP contribution in [0.15, 0.2) is 12.1 Å². The normalized spacial score (nSPS) is 23.5. The first-order chi connectivity index (χ1) is 11.0. The molecule has 4 nitrogen and oxygen atoms in total. The standard InChI is InChI=1S/C17H23ClFN3O/c1-12-3-4-14(19)15(16(12)18)17(23)22-6-5-13(11-22)21-9-7-20(2)8-10-21/h3-4,13H,5-11H2,1-2H3/t13-/m0/s1. The van der Waals surface area contributed by atoms with Crippen molar-refractivity contribution >= 4 is 17.5 Å². The van der Waals surface area contributed by atoms with Crippen molar-refractivity contribution in [2.75, 3.05) is 46.3 Å². The molecule has 1 atom stereocenters. The quantitative estimate of drug-likeness (QED) is 0.827. The Morgan fingerprint density at radius 3 is 2.61 bits per heavy atom. The highest BCUT2D eigenvalue weighted by molar-refractivity contribution is 6.34. The van der Waals surface area contributed by atoms with Crippen LogP contribution in [0.25, 0.3) is 0 Å². The second-order valence-electron chi connectivity index (χ2n) is 6.59. The average Bonchev–Trinajstić information content (AvgIpc) is 3.02. The van der Waals surface area contributed by atoms with Gasteiger partial charge in [-0.2, -0.15) is 0 Å². The van der Waals surface area contributed by atoms with Gasteiger partial charge in [0.25, 0.3) is 5.91 Å². The maximum absolute atomic E-state index is 14.1. The summed E-state index contributed by atoms with van der Waals surface area (Å²) in [5, 5.41) is 0.234. The van der Waals surface area contributed by atoms with Gasteiger partial charge in [-0.1, -0.05) is 17.7 Å². The van der Waals surface area contributed by atoms with Crippen LogP contribution in [0.5, 0.6) is 0 Å². The Morgan fingerprint density at radius 1 is 1.22 bits per heavy atom. The second kappa shape index (κ2) is 6.75. The van der Waals surface area contributed by atoms with Crippen LogP contribution in [-0.2, 0) is 0 Å². The van der Waals surface area contributed by atoms with Crippen molar-refractivity contribution in [2.45, 2.75) is 19.4 Å². The third kappa shape index (κ3) is 3.37. The van der Waals surface area contributed by atoms with Crippen molar-refractivity contribution in [3.8, 4) is 0 Å². The van der Waals surface area contributed by atoms with Crippen LogP contribution in [0, 0.1) is 12.7 Å². The largest absolute Gasteiger partial charge is 0.337 e. The molecule has 1 aromatic carbocycles. The molecule has 3 rings (SSSR count). The first kappa shape index (κ1) is 16.7. The van der Waals surface area contributed by atoms with Gasteiger partial charge >= 0.3 is 0 Å². The number of carbonyl (C=O) groups is 1. The summed E-state index contributed by atoms with van der Waals surface area (Å²) in [4.78, 5) is 19.2. The zero-order valence-corrected chi connectivity index (χ0v) is 14.4. The van der Waals surface area contributed by atoms with Crippen LogP contribution in [0.1, 0.15) is 22.3 Å². The van der Waals surface area contributed by atoms with E-state index in [9.17, 15) is 9.18 Å². The van der Waals surface area contributed by atoms with Gasteiger partial charge in [0.1, 0.15) is 5.82 Å². The number of rotatable bonds is 2. The van der Waals surface area contributed by atoms with Crippen LogP contribution in [-0.4, -0.2) is 73.0 Å². The van der Waals surface area contributed by atoms with E-state index in [2.05, 4.69) is 16.8 Å². The number of hydrogen-bond donors (Lipinski definition) is 0. The fourth-order valence-corrected chi connectivity index (χ4v) is 3.66. The molecular formula is C17H23ClFN3O. The van der Waals surface area contributed by atoms with Gasteiger partial charge in [-0.15, -0.1) is 0 Å². The Bertz CT molecular complexity index is 602. The lowest BCUT2D eigenvalue weighted by Gasteiger charge is -2.36. The average molecular weight is 340 g/mol. The van der Waals surface area contributed by atoms with Gasteiger partial charge in [-0.3, -0.25) is 9.69 Å². The van der Waals surface area contributed by atoms with Crippen molar-refractivity contribution in [2.24, 2.45) is 0 Å². The van der Waals surface area contributed by atoms with Gasteiger partial charge in [0, 0.05) is 45.3 Å². The smallest absolute Gasteiger partial charge is 0.258 e. The topological polar surface area (TPSA) is 26.8 Å². The summed E-state index contributed by atoms with van der Waals surface area (Å²) in [5.74, 6) is -0.818. The molecule has 0 spiro atoms. The third-order valence-electron chi connectivity index (χ3n) is 5.00. The monoisotopic (exact) mass is 339 g/mol. The summed E-state index contributed by atoms with van der Waals surface area (Å²) in [6.45, 7) is 7.29. The molecule has 2 fully saturated rings. The van der Waals surface area contributed by atoms with Crippen LogP contribution < -0.4 is 0 Å². The minimum absolute atomic E-state index is 0.0192. The molecule has 23 heavy (non-hydrogen) atoms. The maximum atomic E-state index is 14.1. The van der Waals surface area contributed by atoms with Gasteiger partial charge in [-0.05, 0) is 32.0 Å². The van der Waals surface area contributed by atoms with Crippen molar-refractivity contribution in [1.29, 1.82) is 0 Å². The number of aryl methyl sites for hydroxylation is 1. The summed E-state index contributed by atoms with van der Waals surface area (Å²) >= 11 is 6.17. The molecule has 0 aromatic heterocycles. The third-order valence-corrected chi connectivity index (χ3v) is 5.49. The van der Waals surface area contributed by atoms with Crippen LogP contribution in [0.2, 0.25) is 5.02 Å². The predicted molar refractivity (Wildman–Crippen MR) is 89.5 cm³/mol. The number of nitrogens with zero attached hydrogens (tertiary/aromatic N) is 3. The molecule has 126 valence electrons. The molecule has 0 saturated carbocycles. The fraction of sp³-hybridized carbons (Fsp3) is 0.588. The minimum atomic E-state index is -0.534. The van der Waals surface area contributed by atoms with Crippen LogP contribution in [0.3, 0.4) is 0 Å². The number of carbonyl (C=O) groups excluding carboxylic acids is 1. The highest BCUT2D eigenvalue weighted by Crippen LogP contribution is 2.27. The Labute approximate surface area is 141 Å². The molecule has 2 aliphatic heterocycles. The summed E-state index contributed by atoms with van der Waals surface area (Å²) in [6, 6.07) is 3.30. The van der Waals surface area contributed by atoms with Gasteiger partial charge in [0.15, 0.2) is 0 Å². The molecule has 0 aliphatic carbocycles. The second-order valence-corrected chi connectivity index (χ2v) is 6.96. The zero-order valence-electron chi connectivity index (χ0n) is 13.7. The zero-order chi connectivity index (χ0) is 16.6. The van der Waals surface area contributed by atoms with E-state index in [-0.39, 0.29) is 16.5 Å². The number of piperazine rings is 1. The van der Waals surface area contributed by atoms with Crippen molar-refractivity contribution in [3.05, 3.63) is 34.1 Å². The van der Waals surface area contributed by atoms with Crippen molar-refractivity contribution in [1.82, 2.24) is 14.7 Å². The number of likely N-dealkylation sites (tertiary alicyclic amines) is 1. The van der Waals surface area contributed by atoms with Crippen molar-refractivity contribution < 1.29 is 9.18 Å². The lowest BCUT2D eigenvalue weighted by molar-refractivity contribution is 0.0751. The van der Waals surface area contributed by atoms with E-state index in [1.807, 2.05) is 0 Å². The molecule has 0 N–H and O–H groups in total. The summed E-state index contributed by atoms with van der Waals surface area (Å²) in [5.41, 5.74) is 0.747. The first-order valence-corrected chi connectivity index (χ1v) is 8.51. The van der Waals surface area contributed by atoms with E-state index in [1.165, 1.54) is 6.07 Å². The van der Waals surface area contributed by atoms with E-state index in [0.717, 1.165) is 38.2 Å². The molecular weight excluding hydrogens is 317 g/mol. The van der Waals surface area contributed by atoms with Crippen LogP contribution >= 0.6 is 11.6 Å². The molecule has 1 amide bonds. The number of hydrogen-bond acceptors (Lipinski definition) is 3. The molecule has 1 aromatic rings. The number of amides is 1. The van der Waals surface area contributed by atoms with Crippen LogP contribution in [0.4, 0.5) is 4.39 Å². The molecule has 2 aliphatic rings. The van der Waals surface area contributed by atoms with Gasteiger partial charge in [0.2, 0.25) is 0 Å². The minimum Gasteiger partial charge on any atom is -0.337 e. The number of likely N-dealkylation sites (N-methyl/N-ethyl adjacent to an activating group) is 1. The highest BCUT2D eigenvalue weighted by atomic mass is 35.5. The van der Waals surface area contributed by atoms with E-state index >= 15 is 0 Å². The van der Waals surface area contributed by atoms with E-state index in [4.69, 9.17) is 11.6 Å². The SMILES string of the molecule is Cc1ccc(F)c(C(=O)N2CC[C@H](N3CCN(C)CC3)C2)c1Cl. The van der Waals surface area contributed by atoms with E-state index in [0.29, 0.717) is 19.1 Å².